The molecule has 0 spiro atoms. The van der Waals surface area contributed by atoms with E-state index >= 15 is 0 Å². The molecule has 0 fully saturated rings. The van der Waals surface area contributed by atoms with Crippen molar-refractivity contribution in [2.45, 2.75) is 33.2 Å². The smallest absolute Gasteiger partial charge is 0.346 e. The van der Waals surface area contributed by atoms with Crippen molar-refractivity contribution < 1.29 is 27.2 Å². The normalized spacial score (nSPS) is 12.7. The first-order valence-electron chi connectivity index (χ1n) is 11.6. The van der Waals surface area contributed by atoms with Gasteiger partial charge in [0.15, 0.2) is 0 Å². The second-order valence-electron chi connectivity index (χ2n) is 7.46. The zero-order chi connectivity index (χ0) is 25.8. The van der Waals surface area contributed by atoms with Crippen LogP contribution < -0.4 is 5.32 Å². The average Bonchev–Trinajstić information content (AvgIpc) is 3.50. The van der Waals surface area contributed by atoms with Crippen LogP contribution in [-0.4, -0.2) is 52.1 Å². The van der Waals surface area contributed by atoms with Gasteiger partial charge in [-0.3, -0.25) is 14.2 Å². The standard InChI is InChI=1S/C22H29N5O6P2S/c1-5-30-34(28,31-6-2)22(35(29,32-7-3)33-8-4)26-20-16-12-19(36-21(16)24-14-23-20)15-10-9-11-18-17(15)13-25-27-18/h9-14,22H,5-8H2,1-4H3,(H,25,27)(H,23,24,26). The largest absolute Gasteiger partial charge is 0.365 e. The number of aromatic nitrogens is 4. The predicted octanol–water partition coefficient (Wildman–Crippen LogP) is 6.46. The number of aromatic amines is 1. The monoisotopic (exact) mass is 553 g/mol. The lowest BCUT2D eigenvalue weighted by Crippen LogP contribution is -2.26. The maximum atomic E-state index is 13.9. The molecule has 14 heteroatoms. The molecule has 0 bridgehead atoms. The zero-order valence-corrected chi connectivity index (χ0v) is 23.1. The molecule has 3 aromatic heterocycles. The summed E-state index contributed by atoms with van der Waals surface area (Å²) in [6, 6.07) is 7.83. The van der Waals surface area contributed by atoms with Crippen LogP contribution >= 0.6 is 26.5 Å². The van der Waals surface area contributed by atoms with Crippen LogP contribution in [0.15, 0.2) is 36.8 Å². The average molecular weight is 554 g/mol. The molecule has 3 heterocycles. The summed E-state index contributed by atoms with van der Waals surface area (Å²) in [6.07, 6.45) is 3.16. The molecule has 11 nitrogen and oxygen atoms in total. The van der Waals surface area contributed by atoms with Gasteiger partial charge in [0.25, 0.3) is 0 Å². The van der Waals surface area contributed by atoms with Crippen LogP contribution in [0.3, 0.4) is 0 Å². The SMILES string of the molecule is CCOP(=O)(OCC)C(Nc1ncnc2sc(-c3cccc4[nH]ncc34)cc12)P(=O)(OCC)OCC. The topological polar surface area (TPSA) is 138 Å². The Balaban J connectivity index is 1.83. The Morgan fingerprint density at radius 2 is 1.58 bits per heavy atom. The summed E-state index contributed by atoms with van der Waals surface area (Å²) in [7, 11) is -8.05. The van der Waals surface area contributed by atoms with Crippen molar-refractivity contribution in [3.63, 3.8) is 0 Å². The summed E-state index contributed by atoms with van der Waals surface area (Å²) in [5, 5.41) is 11.8. The number of hydrogen-bond donors (Lipinski definition) is 2. The molecule has 4 aromatic rings. The maximum Gasteiger partial charge on any atom is 0.365 e. The second-order valence-corrected chi connectivity index (χ2v) is 13.1. The minimum absolute atomic E-state index is 0.0736. The van der Waals surface area contributed by atoms with Crippen LogP contribution in [-0.2, 0) is 27.2 Å². The highest BCUT2D eigenvalue weighted by Crippen LogP contribution is 2.70. The Labute approximate surface area is 213 Å². The maximum absolute atomic E-state index is 13.9. The van der Waals surface area contributed by atoms with Gasteiger partial charge in [-0.25, -0.2) is 9.97 Å². The first-order chi connectivity index (χ1) is 17.4. The van der Waals surface area contributed by atoms with Gasteiger partial charge >= 0.3 is 15.2 Å². The number of benzene rings is 1. The van der Waals surface area contributed by atoms with Gasteiger partial charge in [0.1, 0.15) is 17.0 Å². The van der Waals surface area contributed by atoms with Gasteiger partial charge in [0, 0.05) is 15.8 Å². The van der Waals surface area contributed by atoms with E-state index in [1.54, 1.807) is 33.9 Å². The van der Waals surface area contributed by atoms with E-state index in [1.165, 1.54) is 17.7 Å². The molecule has 0 unspecified atom stereocenters. The third-order valence-electron chi connectivity index (χ3n) is 5.18. The number of anilines is 1. The molecule has 0 saturated carbocycles. The highest BCUT2D eigenvalue weighted by molar-refractivity contribution is 7.73. The van der Waals surface area contributed by atoms with Gasteiger partial charge in [-0.15, -0.1) is 11.3 Å². The molecule has 0 saturated heterocycles. The fourth-order valence-corrected chi connectivity index (χ4v) is 9.75. The Bertz CT molecular complexity index is 1380. The molecule has 0 aliphatic heterocycles. The minimum Gasteiger partial charge on any atom is -0.346 e. The minimum atomic E-state index is -4.02. The van der Waals surface area contributed by atoms with E-state index in [0.29, 0.717) is 16.0 Å². The van der Waals surface area contributed by atoms with Gasteiger partial charge in [0.2, 0.25) is 5.52 Å². The van der Waals surface area contributed by atoms with Crippen LogP contribution in [0.2, 0.25) is 0 Å². The Kier molecular flexibility index (Phi) is 8.57. The summed E-state index contributed by atoms with van der Waals surface area (Å²) >= 11 is 1.47. The number of hydrogen-bond acceptors (Lipinski definition) is 11. The van der Waals surface area contributed by atoms with E-state index in [0.717, 1.165) is 21.3 Å². The fraction of sp³-hybridized carbons (Fsp3) is 0.409. The molecule has 0 amide bonds. The third-order valence-corrected chi connectivity index (χ3v) is 11.9. The van der Waals surface area contributed by atoms with E-state index in [9.17, 15) is 9.13 Å². The van der Waals surface area contributed by atoms with Crippen molar-refractivity contribution in [3.05, 3.63) is 36.8 Å². The van der Waals surface area contributed by atoms with Gasteiger partial charge in [-0.2, -0.15) is 5.10 Å². The van der Waals surface area contributed by atoms with E-state index in [4.69, 9.17) is 18.1 Å². The van der Waals surface area contributed by atoms with Crippen molar-refractivity contribution in [1.29, 1.82) is 0 Å². The lowest BCUT2D eigenvalue weighted by atomic mass is 10.1. The summed E-state index contributed by atoms with van der Waals surface area (Å²) in [6.45, 7) is 7.01. The highest BCUT2D eigenvalue weighted by atomic mass is 32.1. The molecule has 194 valence electrons. The second kappa shape index (κ2) is 11.5. The summed E-state index contributed by atoms with van der Waals surface area (Å²) < 4.78 is 50.0. The quantitative estimate of drug-likeness (QED) is 0.177. The van der Waals surface area contributed by atoms with Crippen LogP contribution in [0.25, 0.3) is 31.6 Å². The summed E-state index contributed by atoms with van der Waals surface area (Å²) in [4.78, 5) is 10.4. The van der Waals surface area contributed by atoms with Crippen molar-refractivity contribution in [3.8, 4) is 10.4 Å². The zero-order valence-electron chi connectivity index (χ0n) is 20.5. The molecule has 0 atom stereocenters. The van der Waals surface area contributed by atoms with Crippen molar-refractivity contribution in [2.24, 2.45) is 0 Å². The number of rotatable bonds is 13. The van der Waals surface area contributed by atoms with E-state index < -0.39 is 20.7 Å². The number of nitrogens with one attached hydrogen (secondary N) is 2. The number of nitrogens with zero attached hydrogens (tertiary/aromatic N) is 3. The molecule has 0 radical (unpaired) electrons. The molecular formula is C22H29N5O6P2S. The molecule has 1 aromatic carbocycles. The van der Waals surface area contributed by atoms with Crippen molar-refractivity contribution >= 4 is 53.5 Å². The Morgan fingerprint density at radius 3 is 2.19 bits per heavy atom. The highest BCUT2D eigenvalue weighted by Gasteiger charge is 2.51. The van der Waals surface area contributed by atoms with Gasteiger partial charge < -0.3 is 23.4 Å². The number of fused-ring (bicyclic) bond motifs is 2. The number of H-pyrrole nitrogens is 1. The molecule has 0 aliphatic rings. The number of thiophene rings is 1. The Morgan fingerprint density at radius 1 is 0.944 bits per heavy atom. The fourth-order valence-electron chi connectivity index (χ4n) is 3.82. The predicted molar refractivity (Wildman–Crippen MR) is 142 cm³/mol. The molecular weight excluding hydrogens is 524 g/mol. The molecule has 0 aliphatic carbocycles. The van der Waals surface area contributed by atoms with Gasteiger partial charge in [0.05, 0.1) is 43.5 Å². The lowest BCUT2D eigenvalue weighted by molar-refractivity contribution is 0.198. The molecule has 36 heavy (non-hydrogen) atoms. The Hall–Kier alpha value is -2.17. The van der Waals surface area contributed by atoms with E-state index in [-0.39, 0.29) is 26.4 Å². The molecule has 4 rings (SSSR count). The summed E-state index contributed by atoms with van der Waals surface area (Å²) in [5.41, 5.74) is 0.456. The lowest BCUT2D eigenvalue weighted by Gasteiger charge is -2.32. The first kappa shape index (κ1) is 26.9. The molecule has 2 N–H and O–H groups in total. The van der Waals surface area contributed by atoms with Crippen LogP contribution in [0, 0.1) is 0 Å². The van der Waals surface area contributed by atoms with E-state index in [1.807, 2.05) is 24.3 Å². The van der Waals surface area contributed by atoms with Gasteiger partial charge in [-0.05, 0) is 39.8 Å². The summed E-state index contributed by atoms with van der Waals surface area (Å²) in [5.74, 6) is 0.311. The van der Waals surface area contributed by atoms with E-state index in [2.05, 4.69) is 25.5 Å². The third kappa shape index (κ3) is 5.26. The van der Waals surface area contributed by atoms with Crippen LogP contribution in [0.5, 0.6) is 0 Å². The van der Waals surface area contributed by atoms with Crippen LogP contribution in [0.1, 0.15) is 27.7 Å². The van der Waals surface area contributed by atoms with Gasteiger partial charge in [-0.1, -0.05) is 12.1 Å². The first-order valence-corrected chi connectivity index (χ1v) is 15.6. The van der Waals surface area contributed by atoms with Crippen molar-refractivity contribution in [2.75, 3.05) is 31.7 Å². The van der Waals surface area contributed by atoms with Crippen LogP contribution in [0.4, 0.5) is 5.82 Å². The van der Waals surface area contributed by atoms with Crippen molar-refractivity contribution in [1.82, 2.24) is 20.2 Å².